The van der Waals surface area contributed by atoms with Gasteiger partial charge in [0.2, 0.25) is 0 Å². The van der Waals surface area contributed by atoms with E-state index in [1.165, 1.54) is 0 Å². The van der Waals surface area contributed by atoms with E-state index in [9.17, 15) is 26.3 Å². The Hall–Kier alpha value is -0.720. The van der Waals surface area contributed by atoms with E-state index in [-0.39, 0.29) is 5.57 Å². The van der Waals surface area contributed by atoms with Crippen LogP contribution in [0.4, 0.5) is 26.3 Å². The SMILES string of the molecule is C=C(CCC(F)(F)F)COC(F)(F)F. The Morgan fingerprint density at radius 3 is 1.93 bits per heavy atom. The standard InChI is InChI=1S/C7H8F6O/c1-5(2-3-6(8,9)10)4-14-7(11,12)13/h1-4H2. The quantitative estimate of drug-likeness (QED) is 0.523. The van der Waals surface area contributed by atoms with Gasteiger partial charge in [0.15, 0.2) is 0 Å². The topological polar surface area (TPSA) is 9.23 Å². The summed E-state index contributed by atoms with van der Waals surface area (Å²) in [5, 5.41) is 0. The first-order valence-corrected chi connectivity index (χ1v) is 3.54. The second kappa shape index (κ2) is 4.68. The number of alkyl halides is 6. The molecule has 0 spiro atoms. The molecule has 0 radical (unpaired) electrons. The van der Waals surface area contributed by atoms with Crippen LogP contribution in [0.25, 0.3) is 0 Å². The molecular weight excluding hydrogens is 214 g/mol. The first kappa shape index (κ1) is 13.3. The van der Waals surface area contributed by atoms with Gasteiger partial charge < -0.3 is 0 Å². The average molecular weight is 222 g/mol. The fourth-order valence-electron chi connectivity index (χ4n) is 0.575. The molecule has 0 aromatic rings. The Balaban J connectivity index is 3.68. The van der Waals surface area contributed by atoms with Gasteiger partial charge in [-0.25, -0.2) is 0 Å². The summed E-state index contributed by atoms with van der Waals surface area (Å²) in [6.45, 7) is 2.10. The van der Waals surface area contributed by atoms with Crippen molar-refractivity contribution in [3.05, 3.63) is 12.2 Å². The van der Waals surface area contributed by atoms with Gasteiger partial charge in [-0.05, 0) is 6.42 Å². The van der Waals surface area contributed by atoms with Crippen LogP contribution in [0, 0.1) is 0 Å². The van der Waals surface area contributed by atoms with Crippen molar-refractivity contribution in [2.75, 3.05) is 6.61 Å². The van der Waals surface area contributed by atoms with E-state index in [0.29, 0.717) is 0 Å². The minimum atomic E-state index is -4.83. The van der Waals surface area contributed by atoms with Gasteiger partial charge in [0, 0.05) is 6.42 Å². The molecule has 0 aliphatic rings. The molecule has 14 heavy (non-hydrogen) atoms. The summed E-state index contributed by atoms with van der Waals surface area (Å²) >= 11 is 0. The van der Waals surface area contributed by atoms with Crippen molar-refractivity contribution in [2.24, 2.45) is 0 Å². The lowest BCUT2D eigenvalue weighted by atomic mass is 10.2. The van der Waals surface area contributed by atoms with Crippen LogP contribution in [0.5, 0.6) is 0 Å². The van der Waals surface area contributed by atoms with Crippen LogP contribution in [-0.4, -0.2) is 19.1 Å². The van der Waals surface area contributed by atoms with Crippen molar-refractivity contribution in [1.82, 2.24) is 0 Å². The minimum absolute atomic E-state index is 0.236. The molecule has 0 aromatic heterocycles. The Morgan fingerprint density at radius 1 is 1.07 bits per heavy atom. The number of rotatable bonds is 4. The lowest BCUT2D eigenvalue weighted by Crippen LogP contribution is -2.16. The highest BCUT2D eigenvalue weighted by atomic mass is 19.4. The fraction of sp³-hybridized carbons (Fsp3) is 0.714. The van der Waals surface area contributed by atoms with Gasteiger partial charge in [-0.15, -0.1) is 13.2 Å². The van der Waals surface area contributed by atoms with E-state index in [4.69, 9.17) is 0 Å². The van der Waals surface area contributed by atoms with Crippen molar-refractivity contribution >= 4 is 0 Å². The van der Waals surface area contributed by atoms with Crippen LogP contribution in [0.1, 0.15) is 12.8 Å². The zero-order valence-corrected chi connectivity index (χ0v) is 7.00. The molecular formula is C7H8F6O. The van der Waals surface area contributed by atoms with E-state index < -0.39 is 32.0 Å². The molecule has 0 saturated carbocycles. The maximum absolute atomic E-state index is 11.6. The van der Waals surface area contributed by atoms with Gasteiger partial charge >= 0.3 is 12.5 Å². The first-order chi connectivity index (χ1) is 6.10. The third kappa shape index (κ3) is 9.37. The Kier molecular flexibility index (Phi) is 4.44. The van der Waals surface area contributed by atoms with E-state index in [1.807, 2.05) is 0 Å². The Morgan fingerprint density at radius 2 is 1.57 bits per heavy atom. The maximum atomic E-state index is 11.6. The molecule has 0 aliphatic carbocycles. The molecule has 0 heterocycles. The van der Waals surface area contributed by atoms with Crippen molar-refractivity contribution in [1.29, 1.82) is 0 Å². The van der Waals surface area contributed by atoms with Crippen LogP contribution in [0.3, 0.4) is 0 Å². The lowest BCUT2D eigenvalue weighted by Gasteiger charge is -2.10. The Bertz CT molecular complexity index is 171. The minimum Gasteiger partial charge on any atom is -0.287 e. The van der Waals surface area contributed by atoms with E-state index >= 15 is 0 Å². The van der Waals surface area contributed by atoms with Crippen molar-refractivity contribution in [3.63, 3.8) is 0 Å². The molecule has 0 N–H and O–H groups in total. The summed E-state index contributed by atoms with van der Waals surface area (Å²) in [4.78, 5) is 0. The molecule has 0 rings (SSSR count). The number of ether oxygens (including phenoxy) is 1. The molecule has 1 nitrogen and oxygen atoms in total. The monoisotopic (exact) mass is 222 g/mol. The normalized spacial score (nSPS) is 13.0. The molecule has 0 aromatic carbocycles. The number of halogens is 6. The highest BCUT2D eigenvalue weighted by Crippen LogP contribution is 2.24. The van der Waals surface area contributed by atoms with Crippen molar-refractivity contribution in [3.8, 4) is 0 Å². The molecule has 0 fully saturated rings. The number of hydrogen-bond donors (Lipinski definition) is 0. The van der Waals surface area contributed by atoms with Gasteiger partial charge in [-0.3, -0.25) is 4.74 Å². The largest absolute Gasteiger partial charge is 0.522 e. The lowest BCUT2D eigenvalue weighted by molar-refractivity contribution is -0.320. The zero-order chi connectivity index (χ0) is 11.4. The molecule has 0 amide bonds. The second-order valence-electron chi connectivity index (χ2n) is 2.60. The predicted octanol–water partition coefficient (Wildman–Crippen LogP) is 3.42. The molecule has 0 aliphatic heterocycles. The van der Waals surface area contributed by atoms with Gasteiger partial charge in [0.25, 0.3) is 0 Å². The smallest absolute Gasteiger partial charge is 0.287 e. The van der Waals surface area contributed by atoms with Crippen molar-refractivity contribution in [2.45, 2.75) is 25.4 Å². The number of hydrogen-bond acceptors (Lipinski definition) is 1. The maximum Gasteiger partial charge on any atom is 0.522 e. The molecule has 0 bridgehead atoms. The third-order valence-electron chi connectivity index (χ3n) is 1.20. The summed E-state index contributed by atoms with van der Waals surface area (Å²) in [6.07, 6.45) is -11.0. The first-order valence-electron chi connectivity index (χ1n) is 3.54. The summed E-state index contributed by atoms with van der Waals surface area (Å²) in [5.41, 5.74) is -0.236. The van der Waals surface area contributed by atoms with E-state index in [0.717, 1.165) is 0 Å². The van der Waals surface area contributed by atoms with E-state index in [1.54, 1.807) is 0 Å². The summed E-state index contributed by atoms with van der Waals surface area (Å²) in [6, 6.07) is 0. The third-order valence-corrected chi connectivity index (χ3v) is 1.20. The molecule has 84 valence electrons. The highest BCUT2D eigenvalue weighted by Gasteiger charge is 2.30. The Labute approximate surface area is 76.3 Å². The van der Waals surface area contributed by atoms with Crippen LogP contribution < -0.4 is 0 Å². The predicted molar refractivity (Wildman–Crippen MR) is 36.4 cm³/mol. The molecule has 0 atom stereocenters. The summed E-state index contributed by atoms with van der Waals surface area (Å²) in [5.74, 6) is 0. The van der Waals surface area contributed by atoms with Gasteiger partial charge in [0.05, 0.1) is 6.61 Å². The van der Waals surface area contributed by atoms with Gasteiger partial charge in [-0.1, -0.05) is 12.2 Å². The van der Waals surface area contributed by atoms with E-state index in [2.05, 4.69) is 11.3 Å². The summed E-state index contributed by atoms with van der Waals surface area (Å²) < 4.78 is 72.3. The summed E-state index contributed by atoms with van der Waals surface area (Å²) in [7, 11) is 0. The zero-order valence-electron chi connectivity index (χ0n) is 7.00. The van der Waals surface area contributed by atoms with Crippen molar-refractivity contribution < 1.29 is 31.1 Å². The van der Waals surface area contributed by atoms with Gasteiger partial charge in [-0.2, -0.15) is 13.2 Å². The fourth-order valence-corrected chi connectivity index (χ4v) is 0.575. The highest BCUT2D eigenvalue weighted by molar-refractivity contribution is 4.94. The second-order valence-corrected chi connectivity index (χ2v) is 2.60. The molecule has 7 heteroatoms. The van der Waals surface area contributed by atoms with Crippen LogP contribution >= 0.6 is 0 Å². The van der Waals surface area contributed by atoms with Crippen LogP contribution in [0.15, 0.2) is 12.2 Å². The van der Waals surface area contributed by atoms with Crippen LogP contribution in [-0.2, 0) is 4.74 Å². The van der Waals surface area contributed by atoms with Crippen LogP contribution in [0.2, 0.25) is 0 Å². The van der Waals surface area contributed by atoms with Gasteiger partial charge in [0.1, 0.15) is 0 Å². The average Bonchev–Trinajstić information content (AvgIpc) is 1.94. The molecule has 0 saturated heterocycles. The molecule has 0 unspecified atom stereocenters.